The second-order valence-electron chi connectivity index (χ2n) is 4.88. The van der Waals surface area contributed by atoms with E-state index < -0.39 is 0 Å². The van der Waals surface area contributed by atoms with E-state index in [4.69, 9.17) is 5.26 Å². The Labute approximate surface area is 133 Å². The number of amides is 1. The van der Waals surface area contributed by atoms with Crippen LogP contribution in [0.15, 0.2) is 24.4 Å². The molecular formula is C15H17N7O. The summed E-state index contributed by atoms with van der Waals surface area (Å²) in [5.41, 5.74) is 2.74. The molecule has 0 aliphatic rings. The number of hydrogen-bond donors (Lipinski definition) is 3. The van der Waals surface area contributed by atoms with E-state index in [1.54, 1.807) is 0 Å². The van der Waals surface area contributed by atoms with Gasteiger partial charge in [0, 0.05) is 24.0 Å². The number of nitriles is 1. The van der Waals surface area contributed by atoms with E-state index in [9.17, 15) is 4.79 Å². The standard InChI is InChI=1S/C15H17N7O/c1-3-4-14(23)18-13-6-5-12(7-10(13)2)17-9-11(8-16)15-19-21-22-20-15/h5-7,9,17H,3-4H2,1-2H3,(H,18,23)(H,19,20,21,22). The number of carbonyl (C=O) groups excluding carboxylic acids is 1. The zero-order valence-corrected chi connectivity index (χ0v) is 12.9. The molecule has 8 nitrogen and oxygen atoms in total. The first-order chi connectivity index (χ1) is 11.1. The lowest BCUT2D eigenvalue weighted by molar-refractivity contribution is -0.116. The molecule has 0 atom stereocenters. The van der Waals surface area contributed by atoms with Crippen molar-refractivity contribution in [2.75, 3.05) is 10.6 Å². The number of nitrogens with zero attached hydrogens (tertiary/aromatic N) is 4. The smallest absolute Gasteiger partial charge is 0.224 e. The number of aromatic nitrogens is 4. The first-order valence-electron chi connectivity index (χ1n) is 7.15. The van der Waals surface area contributed by atoms with Gasteiger partial charge in [-0.05, 0) is 42.3 Å². The molecule has 1 heterocycles. The summed E-state index contributed by atoms with van der Waals surface area (Å²) in [6.45, 7) is 3.86. The predicted octanol–water partition coefficient (Wildman–Crippen LogP) is 2.22. The largest absolute Gasteiger partial charge is 0.360 e. The third kappa shape index (κ3) is 4.38. The van der Waals surface area contributed by atoms with Crippen molar-refractivity contribution in [1.82, 2.24) is 20.6 Å². The fraction of sp³-hybridized carbons (Fsp3) is 0.267. The number of aryl methyl sites for hydroxylation is 1. The van der Waals surface area contributed by atoms with Crippen molar-refractivity contribution >= 4 is 22.9 Å². The molecule has 0 bridgehead atoms. The lowest BCUT2D eigenvalue weighted by Gasteiger charge is -2.10. The van der Waals surface area contributed by atoms with Crippen molar-refractivity contribution in [2.24, 2.45) is 0 Å². The molecule has 0 aliphatic heterocycles. The van der Waals surface area contributed by atoms with Gasteiger partial charge in [-0.15, -0.1) is 10.2 Å². The average Bonchev–Trinajstić information content (AvgIpc) is 3.05. The summed E-state index contributed by atoms with van der Waals surface area (Å²) >= 11 is 0. The Balaban J connectivity index is 2.09. The minimum atomic E-state index is 0.0000725. The van der Waals surface area contributed by atoms with E-state index in [1.165, 1.54) is 6.20 Å². The van der Waals surface area contributed by atoms with Gasteiger partial charge in [0.05, 0.1) is 0 Å². The summed E-state index contributed by atoms with van der Waals surface area (Å²) < 4.78 is 0. The third-order valence-corrected chi connectivity index (χ3v) is 3.07. The molecule has 1 aromatic carbocycles. The van der Waals surface area contributed by atoms with Gasteiger partial charge < -0.3 is 10.6 Å². The molecule has 3 N–H and O–H groups in total. The number of rotatable bonds is 6. The Morgan fingerprint density at radius 2 is 2.30 bits per heavy atom. The molecule has 2 aromatic rings. The molecule has 0 unspecified atom stereocenters. The summed E-state index contributed by atoms with van der Waals surface area (Å²) in [5, 5.41) is 28.2. The van der Waals surface area contributed by atoms with Crippen LogP contribution in [0.2, 0.25) is 0 Å². The van der Waals surface area contributed by atoms with Crippen molar-refractivity contribution in [3.8, 4) is 6.07 Å². The van der Waals surface area contributed by atoms with Gasteiger partial charge in [-0.25, -0.2) is 0 Å². The summed E-state index contributed by atoms with van der Waals surface area (Å²) in [4.78, 5) is 11.6. The number of anilines is 2. The minimum Gasteiger partial charge on any atom is -0.360 e. The Morgan fingerprint density at radius 1 is 1.48 bits per heavy atom. The van der Waals surface area contributed by atoms with Gasteiger partial charge >= 0.3 is 0 Å². The molecule has 0 saturated heterocycles. The zero-order chi connectivity index (χ0) is 16.7. The van der Waals surface area contributed by atoms with Crippen LogP contribution in [0.3, 0.4) is 0 Å². The van der Waals surface area contributed by atoms with Gasteiger partial charge in [0.1, 0.15) is 11.6 Å². The molecule has 0 spiro atoms. The molecule has 0 saturated carbocycles. The molecule has 1 aromatic heterocycles. The molecule has 8 heteroatoms. The lowest BCUT2D eigenvalue weighted by atomic mass is 10.1. The van der Waals surface area contributed by atoms with Gasteiger partial charge in [-0.1, -0.05) is 6.92 Å². The van der Waals surface area contributed by atoms with E-state index in [2.05, 4.69) is 31.3 Å². The van der Waals surface area contributed by atoms with Crippen LogP contribution in [-0.2, 0) is 4.79 Å². The van der Waals surface area contributed by atoms with Crippen molar-refractivity contribution in [2.45, 2.75) is 26.7 Å². The Kier molecular flexibility index (Phi) is 5.41. The van der Waals surface area contributed by atoms with Crippen LogP contribution in [0.5, 0.6) is 0 Å². The van der Waals surface area contributed by atoms with E-state index in [0.717, 1.165) is 23.4 Å². The highest BCUT2D eigenvalue weighted by Gasteiger charge is 2.07. The van der Waals surface area contributed by atoms with Gasteiger partial charge in [-0.2, -0.15) is 10.5 Å². The number of nitrogens with one attached hydrogen (secondary N) is 3. The first kappa shape index (κ1) is 16.2. The van der Waals surface area contributed by atoms with Crippen LogP contribution < -0.4 is 10.6 Å². The monoisotopic (exact) mass is 311 g/mol. The van der Waals surface area contributed by atoms with Crippen LogP contribution in [0, 0.1) is 18.3 Å². The number of allylic oxidation sites excluding steroid dienone is 1. The second kappa shape index (κ2) is 7.70. The summed E-state index contributed by atoms with van der Waals surface area (Å²) in [6, 6.07) is 7.51. The van der Waals surface area contributed by atoms with Crippen LogP contribution >= 0.6 is 0 Å². The summed E-state index contributed by atoms with van der Waals surface area (Å²) in [5.74, 6) is 0.222. The fourth-order valence-corrected chi connectivity index (χ4v) is 1.91. The highest BCUT2D eigenvalue weighted by atomic mass is 16.1. The Morgan fingerprint density at radius 3 is 2.91 bits per heavy atom. The number of tetrazole rings is 1. The molecule has 0 fully saturated rings. The number of H-pyrrole nitrogens is 1. The normalized spacial score (nSPS) is 10.9. The topological polar surface area (TPSA) is 119 Å². The Hall–Kier alpha value is -3.21. The quantitative estimate of drug-likeness (QED) is 0.704. The van der Waals surface area contributed by atoms with Crippen molar-refractivity contribution < 1.29 is 4.79 Å². The number of benzene rings is 1. The number of aromatic amines is 1. The number of carbonyl (C=O) groups is 1. The van der Waals surface area contributed by atoms with Crippen molar-refractivity contribution in [1.29, 1.82) is 5.26 Å². The zero-order valence-electron chi connectivity index (χ0n) is 12.9. The lowest BCUT2D eigenvalue weighted by Crippen LogP contribution is -2.11. The molecule has 1 amide bonds. The summed E-state index contributed by atoms with van der Waals surface area (Å²) in [6.07, 6.45) is 2.82. The van der Waals surface area contributed by atoms with Gasteiger partial charge in [0.2, 0.25) is 11.7 Å². The third-order valence-electron chi connectivity index (χ3n) is 3.07. The molecule has 23 heavy (non-hydrogen) atoms. The maximum Gasteiger partial charge on any atom is 0.224 e. The Bertz CT molecular complexity index is 744. The van der Waals surface area contributed by atoms with Crippen LogP contribution in [0.4, 0.5) is 11.4 Å². The molecular weight excluding hydrogens is 294 g/mol. The van der Waals surface area contributed by atoms with E-state index in [1.807, 2.05) is 38.1 Å². The van der Waals surface area contributed by atoms with Gasteiger partial charge in [0.15, 0.2) is 0 Å². The SMILES string of the molecule is CCCC(=O)Nc1ccc(NC=C(C#N)c2nn[nH]n2)cc1C. The number of hydrogen-bond acceptors (Lipinski definition) is 6. The van der Waals surface area contributed by atoms with E-state index in [0.29, 0.717) is 6.42 Å². The van der Waals surface area contributed by atoms with Crippen LogP contribution in [-0.4, -0.2) is 26.5 Å². The summed E-state index contributed by atoms with van der Waals surface area (Å²) in [7, 11) is 0. The van der Waals surface area contributed by atoms with Crippen molar-refractivity contribution in [3.05, 3.63) is 35.8 Å². The van der Waals surface area contributed by atoms with E-state index in [-0.39, 0.29) is 17.3 Å². The second-order valence-corrected chi connectivity index (χ2v) is 4.88. The van der Waals surface area contributed by atoms with E-state index >= 15 is 0 Å². The minimum absolute atomic E-state index is 0.0000725. The highest BCUT2D eigenvalue weighted by Crippen LogP contribution is 2.20. The van der Waals surface area contributed by atoms with Crippen molar-refractivity contribution in [3.63, 3.8) is 0 Å². The molecule has 0 radical (unpaired) electrons. The fourth-order valence-electron chi connectivity index (χ4n) is 1.91. The molecule has 0 aliphatic carbocycles. The van der Waals surface area contributed by atoms with Gasteiger partial charge in [-0.3, -0.25) is 4.79 Å². The maximum atomic E-state index is 11.6. The van der Waals surface area contributed by atoms with Crippen LogP contribution in [0.1, 0.15) is 31.2 Å². The molecule has 118 valence electrons. The predicted molar refractivity (Wildman–Crippen MR) is 86.1 cm³/mol. The van der Waals surface area contributed by atoms with Crippen LogP contribution in [0.25, 0.3) is 5.57 Å². The molecule has 2 rings (SSSR count). The maximum absolute atomic E-state index is 11.6. The first-order valence-corrected chi connectivity index (χ1v) is 7.15. The van der Waals surface area contributed by atoms with Gasteiger partial charge in [0.25, 0.3) is 0 Å². The highest BCUT2D eigenvalue weighted by molar-refractivity contribution is 5.91. The average molecular weight is 311 g/mol.